The molecule has 1 aliphatic heterocycles. The van der Waals surface area contributed by atoms with Crippen LogP contribution in [0, 0.1) is 5.82 Å². The normalized spacial score (nSPS) is 16.3. The Hall–Kier alpha value is -1.31. The highest BCUT2D eigenvalue weighted by molar-refractivity contribution is 7.98. The predicted molar refractivity (Wildman–Crippen MR) is 98.9 cm³/mol. The van der Waals surface area contributed by atoms with Gasteiger partial charge in [0.05, 0.1) is 13.2 Å². The Morgan fingerprint density at radius 3 is 2.92 bits per heavy atom. The summed E-state index contributed by atoms with van der Waals surface area (Å²) in [5.74, 6) is 1.88. The topological polar surface area (TPSA) is 62.9 Å². The molecule has 7 heteroatoms. The molecular formula is C17H27FN4OS. The van der Waals surface area contributed by atoms with Crippen molar-refractivity contribution in [2.24, 2.45) is 10.7 Å². The van der Waals surface area contributed by atoms with Crippen LogP contribution in [0.1, 0.15) is 12.0 Å². The lowest BCUT2D eigenvalue weighted by molar-refractivity contribution is 0.0377. The molecule has 2 rings (SSSR count). The summed E-state index contributed by atoms with van der Waals surface area (Å²) in [6, 6.07) is 6.88. The van der Waals surface area contributed by atoms with Crippen LogP contribution in [0.5, 0.6) is 0 Å². The van der Waals surface area contributed by atoms with Crippen molar-refractivity contribution in [2.75, 3.05) is 51.7 Å². The Morgan fingerprint density at radius 1 is 1.33 bits per heavy atom. The zero-order chi connectivity index (χ0) is 17.0. The van der Waals surface area contributed by atoms with E-state index in [0.29, 0.717) is 11.7 Å². The van der Waals surface area contributed by atoms with Gasteiger partial charge >= 0.3 is 0 Å². The van der Waals surface area contributed by atoms with Crippen LogP contribution in [0.15, 0.2) is 29.3 Å². The van der Waals surface area contributed by atoms with E-state index in [9.17, 15) is 4.39 Å². The van der Waals surface area contributed by atoms with E-state index in [1.165, 1.54) is 6.07 Å². The van der Waals surface area contributed by atoms with Crippen LogP contribution in [0.2, 0.25) is 0 Å². The number of nitrogens with one attached hydrogen (secondary N) is 1. The van der Waals surface area contributed by atoms with E-state index in [1.807, 2.05) is 12.1 Å². The third-order valence-corrected chi connectivity index (χ3v) is 4.79. The standard InChI is InChI=1S/C17H27FN4OS/c18-16-5-2-1-4-15(16)14-24-13-7-21-17(19)20-6-3-8-22-9-11-23-12-10-22/h1-2,4-5H,3,6-14H2,(H3,19,20,21). The summed E-state index contributed by atoms with van der Waals surface area (Å²) in [5.41, 5.74) is 6.59. The lowest BCUT2D eigenvalue weighted by Crippen LogP contribution is -2.37. The quantitative estimate of drug-likeness (QED) is 0.401. The molecule has 0 atom stereocenters. The molecule has 0 spiro atoms. The average molecular weight is 354 g/mol. The van der Waals surface area contributed by atoms with E-state index in [0.717, 1.165) is 63.7 Å². The molecule has 0 radical (unpaired) electrons. The van der Waals surface area contributed by atoms with Gasteiger partial charge in [-0.15, -0.1) is 0 Å². The zero-order valence-corrected chi connectivity index (χ0v) is 14.9. The molecule has 1 heterocycles. The molecule has 5 nitrogen and oxygen atoms in total. The van der Waals surface area contributed by atoms with Crippen molar-refractivity contribution in [3.05, 3.63) is 35.6 Å². The fourth-order valence-corrected chi connectivity index (χ4v) is 3.27. The number of hydrogen-bond acceptors (Lipinski definition) is 4. The Morgan fingerprint density at radius 2 is 2.12 bits per heavy atom. The number of ether oxygens (including phenoxy) is 1. The second-order valence-corrected chi connectivity index (χ2v) is 6.75. The van der Waals surface area contributed by atoms with E-state index in [2.05, 4.69) is 15.2 Å². The van der Waals surface area contributed by atoms with Crippen LogP contribution < -0.4 is 11.1 Å². The van der Waals surface area contributed by atoms with Gasteiger partial charge in [-0.1, -0.05) is 18.2 Å². The highest BCUT2D eigenvalue weighted by Crippen LogP contribution is 2.14. The Balaban J connectivity index is 1.49. The molecule has 1 aliphatic rings. The minimum absolute atomic E-state index is 0.140. The summed E-state index contributed by atoms with van der Waals surface area (Å²) in [6.45, 7) is 6.19. The summed E-state index contributed by atoms with van der Waals surface area (Å²) >= 11 is 1.68. The van der Waals surface area contributed by atoms with Crippen molar-refractivity contribution < 1.29 is 9.13 Å². The number of nitrogens with two attached hydrogens (primary N) is 1. The van der Waals surface area contributed by atoms with Crippen molar-refractivity contribution >= 4 is 17.7 Å². The van der Waals surface area contributed by atoms with Crippen LogP contribution in [0.3, 0.4) is 0 Å². The van der Waals surface area contributed by atoms with Gasteiger partial charge in [-0.3, -0.25) is 9.89 Å². The Labute approximate surface area is 147 Å². The molecule has 0 amide bonds. The predicted octanol–water partition coefficient (Wildman–Crippen LogP) is 1.69. The molecule has 1 aromatic rings. The summed E-state index contributed by atoms with van der Waals surface area (Å²) in [7, 11) is 0. The first kappa shape index (κ1) is 19.0. The first-order valence-corrected chi connectivity index (χ1v) is 9.56. The van der Waals surface area contributed by atoms with Crippen LogP contribution in [0.4, 0.5) is 4.39 Å². The number of guanidine groups is 1. The van der Waals surface area contributed by atoms with Gasteiger partial charge in [0.2, 0.25) is 0 Å². The summed E-state index contributed by atoms with van der Waals surface area (Å²) in [5, 5.41) is 3.10. The number of halogens is 1. The first-order valence-electron chi connectivity index (χ1n) is 8.41. The highest BCUT2D eigenvalue weighted by atomic mass is 32.2. The van der Waals surface area contributed by atoms with Crippen LogP contribution in [-0.2, 0) is 10.5 Å². The van der Waals surface area contributed by atoms with E-state index in [1.54, 1.807) is 17.8 Å². The Bertz CT molecular complexity index is 509. The van der Waals surface area contributed by atoms with Gasteiger partial charge in [0.25, 0.3) is 0 Å². The maximum absolute atomic E-state index is 13.5. The maximum atomic E-state index is 13.5. The first-order chi connectivity index (χ1) is 11.8. The molecule has 0 aliphatic carbocycles. The number of thioether (sulfide) groups is 1. The lowest BCUT2D eigenvalue weighted by atomic mass is 10.2. The maximum Gasteiger partial charge on any atom is 0.188 e. The van der Waals surface area contributed by atoms with Crippen molar-refractivity contribution in [1.29, 1.82) is 0 Å². The molecule has 0 aromatic heterocycles. The summed E-state index contributed by atoms with van der Waals surface area (Å²) in [6.07, 6.45) is 1.00. The SMILES string of the molecule is NC(=NCCCN1CCOCC1)NCCSCc1ccccc1F. The van der Waals surface area contributed by atoms with Crippen LogP contribution >= 0.6 is 11.8 Å². The summed E-state index contributed by atoms with van der Waals surface area (Å²) in [4.78, 5) is 6.73. The fourth-order valence-electron chi connectivity index (χ4n) is 2.42. The van der Waals surface area contributed by atoms with Crippen molar-refractivity contribution in [3.8, 4) is 0 Å². The fraction of sp³-hybridized carbons (Fsp3) is 0.588. The minimum atomic E-state index is -0.140. The molecule has 1 fully saturated rings. The highest BCUT2D eigenvalue weighted by Gasteiger charge is 2.08. The molecule has 1 saturated heterocycles. The van der Waals surface area contributed by atoms with Gasteiger partial charge in [0.15, 0.2) is 5.96 Å². The molecule has 24 heavy (non-hydrogen) atoms. The van der Waals surface area contributed by atoms with Crippen molar-refractivity contribution in [3.63, 3.8) is 0 Å². The van der Waals surface area contributed by atoms with Gasteiger partial charge in [-0.05, 0) is 18.1 Å². The largest absolute Gasteiger partial charge is 0.379 e. The molecule has 134 valence electrons. The monoisotopic (exact) mass is 354 g/mol. The zero-order valence-electron chi connectivity index (χ0n) is 14.0. The van der Waals surface area contributed by atoms with Gasteiger partial charge < -0.3 is 15.8 Å². The molecular weight excluding hydrogens is 327 g/mol. The van der Waals surface area contributed by atoms with Crippen LogP contribution in [0.25, 0.3) is 0 Å². The number of rotatable bonds is 9. The minimum Gasteiger partial charge on any atom is -0.379 e. The van der Waals surface area contributed by atoms with E-state index >= 15 is 0 Å². The van der Waals surface area contributed by atoms with E-state index < -0.39 is 0 Å². The Kier molecular flexibility index (Phi) is 8.94. The van der Waals surface area contributed by atoms with Gasteiger partial charge in [-0.2, -0.15) is 11.8 Å². The average Bonchev–Trinajstić information content (AvgIpc) is 2.61. The van der Waals surface area contributed by atoms with Crippen LogP contribution in [-0.4, -0.2) is 62.5 Å². The molecule has 0 saturated carbocycles. The lowest BCUT2D eigenvalue weighted by Gasteiger charge is -2.26. The molecule has 0 unspecified atom stereocenters. The smallest absolute Gasteiger partial charge is 0.188 e. The number of aliphatic imine (C=N–C) groups is 1. The van der Waals surface area contributed by atoms with Crippen molar-refractivity contribution in [2.45, 2.75) is 12.2 Å². The van der Waals surface area contributed by atoms with Gasteiger partial charge in [-0.25, -0.2) is 4.39 Å². The van der Waals surface area contributed by atoms with E-state index in [-0.39, 0.29) is 5.82 Å². The van der Waals surface area contributed by atoms with Crippen molar-refractivity contribution in [1.82, 2.24) is 10.2 Å². The number of hydrogen-bond donors (Lipinski definition) is 2. The number of benzene rings is 1. The summed E-state index contributed by atoms with van der Waals surface area (Å²) < 4.78 is 18.8. The van der Waals surface area contributed by atoms with Gasteiger partial charge in [0, 0.05) is 44.2 Å². The third-order valence-electron chi connectivity index (χ3n) is 3.79. The van der Waals surface area contributed by atoms with E-state index in [4.69, 9.17) is 10.5 Å². The number of nitrogens with zero attached hydrogens (tertiary/aromatic N) is 2. The molecule has 3 N–H and O–H groups in total. The van der Waals surface area contributed by atoms with Gasteiger partial charge in [0.1, 0.15) is 5.82 Å². The molecule has 1 aromatic carbocycles. The molecule has 0 bridgehead atoms. The number of morpholine rings is 1. The third kappa shape index (κ3) is 7.51. The second-order valence-electron chi connectivity index (χ2n) is 5.65. The second kappa shape index (κ2) is 11.3.